The molecule has 0 aliphatic carbocycles. The maximum atomic E-state index is 12.3. The lowest BCUT2D eigenvalue weighted by molar-refractivity contribution is -0.123. The van der Waals surface area contributed by atoms with Crippen LogP contribution >= 0.6 is 22.9 Å². The van der Waals surface area contributed by atoms with Crippen LogP contribution in [0.25, 0.3) is 0 Å². The monoisotopic (exact) mass is 443 g/mol. The molecular formula is C18H22ClN3O4S2. The summed E-state index contributed by atoms with van der Waals surface area (Å²) in [5.41, 5.74) is 0.216. The van der Waals surface area contributed by atoms with Gasteiger partial charge in [0.05, 0.1) is 35.2 Å². The summed E-state index contributed by atoms with van der Waals surface area (Å²) in [6.07, 6.45) is 1.08. The van der Waals surface area contributed by atoms with Crippen molar-refractivity contribution in [1.82, 2.24) is 10.2 Å². The molecule has 1 heterocycles. The van der Waals surface area contributed by atoms with Crippen LogP contribution in [-0.4, -0.2) is 51.0 Å². The summed E-state index contributed by atoms with van der Waals surface area (Å²) in [5.74, 6) is -0.569. The van der Waals surface area contributed by atoms with E-state index in [1.165, 1.54) is 18.2 Å². The van der Waals surface area contributed by atoms with Gasteiger partial charge in [0.2, 0.25) is 11.8 Å². The molecule has 10 heteroatoms. The van der Waals surface area contributed by atoms with Gasteiger partial charge in [-0.25, -0.2) is 8.42 Å². The maximum absolute atomic E-state index is 12.3. The average molecular weight is 444 g/mol. The van der Waals surface area contributed by atoms with Gasteiger partial charge in [0.25, 0.3) is 0 Å². The zero-order chi connectivity index (χ0) is 20.7. The van der Waals surface area contributed by atoms with Crippen molar-refractivity contribution in [3.8, 4) is 0 Å². The molecule has 1 aromatic carbocycles. The van der Waals surface area contributed by atoms with E-state index in [0.29, 0.717) is 13.1 Å². The third kappa shape index (κ3) is 6.90. The minimum absolute atomic E-state index is 0.0254. The smallest absolute Gasteiger partial charge is 0.238 e. The largest absolute Gasteiger partial charge is 0.350 e. The molecule has 0 radical (unpaired) electrons. The summed E-state index contributed by atoms with van der Waals surface area (Å²) in [6.45, 7) is 2.84. The van der Waals surface area contributed by atoms with E-state index in [9.17, 15) is 18.0 Å². The molecule has 2 N–H and O–H groups in total. The first-order chi connectivity index (χ1) is 13.2. The standard InChI is InChI=1S/C18H22ClN3O4S2/c1-3-22(11-17(23)20-10-13-5-4-8-27-13)12-18(24)21-16-9-14(28(2,25)26)6-7-15(16)19/h4-9H,3,10-12H2,1-2H3,(H,20,23)(H,21,24). The summed E-state index contributed by atoms with van der Waals surface area (Å²) in [7, 11) is -3.42. The molecule has 152 valence electrons. The summed E-state index contributed by atoms with van der Waals surface area (Å²) < 4.78 is 23.3. The van der Waals surface area contributed by atoms with Crippen LogP contribution in [-0.2, 0) is 26.0 Å². The molecule has 28 heavy (non-hydrogen) atoms. The molecule has 2 amide bonds. The highest BCUT2D eigenvalue weighted by atomic mass is 35.5. The topological polar surface area (TPSA) is 95.6 Å². The predicted molar refractivity (Wildman–Crippen MR) is 111 cm³/mol. The molecule has 0 saturated carbocycles. The second-order valence-corrected chi connectivity index (χ2v) is 9.58. The average Bonchev–Trinajstić information content (AvgIpc) is 3.14. The lowest BCUT2D eigenvalue weighted by Crippen LogP contribution is -2.40. The SMILES string of the molecule is CCN(CC(=O)NCc1cccs1)CC(=O)Nc1cc(S(C)(=O)=O)ccc1Cl. The third-order valence-electron chi connectivity index (χ3n) is 3.86. The van der Waals surface area contributed by atoms with Crippen LogP contribution in [0.5, 0.6) is 0 Å². The number of hydrogen-bond acceptors (Lipinski definition) is 6. The van der Waals surface area contributed by atoms with Crippen LogP contribution in [0.4, 0.5) is 5.69 Å². The Balaban J connectivity index is 1.92. The van der Waals surface area contributed by atoms with E-state index in [1.54, 1.807) is 16.2 Å². The van der Waals surface area contributed by atoms with E-state index in [2.05, 4.69) is 10.6 Å². The van der Waals surface area contributed by atoms with Crippen LogP contribution < -0.4 is 10.6 Å². The summed E-state index contributed by atoms with van der Waals surface area (Å²) in [5, 5.41) is 7.60. The number of carbonyl (C=O) groups excluding carboxylic acids is 2. The molecule has 0 atom stereocenters. The lowest BCUT2D eigenvalue weighted by atomic mass is 10.3. The van der Waals surface area contributed by atoms with Crippen LogP contribution in [0, 0.1) is 0 Å². The van der Waals surface area contributed by atoms with E-state index in [0.717, 1.165) is 11.1 Å². The third-order valence-corrected chi connectivity index (χ3v) is 6.18. The van der Waals surface area contributed by atoms with Crippen molar-refractivity contribution < 1.29 is 18.0 Å². The molecule has 2 rings (SSSR count). The van der Waals surface area contributed by atoms with Crippen molar-refractivity contribution in [1.29, 1.82) is 0 Å². The quantitative estimate of drug-likeness (QED) is 0.620. The summed E-state index contributed by atoms with van der Waals surface area (Å²) in [6, 6.07) is 7.97. The Labute approximate surface area is 173 Å². The molecule has 0 spiro atoms. The Hall–Kier alpha value is -1.94. The number of carbonyl (C=O) groups is 2. The van der Waals surface area contributed by atoms with Crippen LogP contribution in [0.2, 0.25) is 5.02 Å². The molecule has 2 aromatic rings. The molecule has 0 fully saturated rings. The maximum Gasteiger partial charge on any atom is 0.238 e. The first kappa shape index (κ1) is 22.4. The van der Waals surface area contributed by atoms with Crippen molar-refractivity contribution >= 4 is 50.3 Å². The van der Waals surface area contributed by atoms with Gasteiger partial charge in [-0.2, -0.15) is 0 Å². The molecule has 0 unspecified atom stereocenters. The number of amides is 2. The normalized spacial score (nSPS) is 11.4. The zero-order valence-electron chi connectivity index (χ0n) is 15.6. The fourth-order valence-corrected chi connectivity index (χ4v) is 3.82. The van der Waals surface area contributed by atoms with Crippen LogP contribution in [0.3, 0.4) is 0 Å². The number of benzene rings is 1. The highest BCUT2D eigenvalue weighted by Crippen LogP contribution is 2.25. The Bertz CT molecular complexity index is 930. The van der Waals surface area contributed by atoms with E-state index in [1.807, 2.05) is 24.4 Å². The van der Waals surface area contributed by atoms with Crippen molar-refractivity contribution in [3.05, 3.63) is 45.6 Å². The van der Waals surface area contributed by atoms with Crippen LogP contribution in [0.15, 0.2) is 40.6 Å². The van der Waals surface area contributed by atoms with Gasteiger partial charge in [0.1, 0.15) is 0 Å². The van der Waals surface area contributed by atoms with Gasteiger partial charge in [-0.15, -0.1) is 11.3 Å². The van der Waals surface area contributed by atoms with Crippen molar-refractivity contribution in [2.45, 2.75) is 18.4 Å². The number of nitrogens with zero attached hydrogens (tertiary/aromatic N) is 1. The Morgan fingerprint density at radius 3 is 2.50 bits per heavy atom. The molecule has 0 aliphatic heterocycles. The highest BCUT2D eigenvalue weighted by molar-refractivity contribution is 7.90. The van der Waals surface area contributed by atoms with Gasteiger partial charge >= 0.3 is 0 Å². The Morgan fingerprint density at radius 1 is 1.18 bits per heavy atom. The Morgan fingerprint density at radius 2 is 1.89 bits per heavy atom. The second-order valence-electron chi connectivity index (χ2n) is 6.12. The first-order valence-corrected chi connectivity index (χ1v) is 11.6. The van der Waals surface area contributed by atoms with Gasteiger partial charge < -0.3 is 10.6 Å². The molecule has 0 bridgehead atoms. The number of anilines is 1. The van der Waals surface area contributed by atoms with Crippen LogP contribution in [0.1, 0.15) is 11.8 Å². The number of hydrogen-bond donors (Lipinski definition) is 2. The fourth-order valence-electron chi connectivity index (χ4n) is 2.36. The predicted octanol–water partition coefficient (Wildman–Crippen LogP) is 2.38. The number of thiophene rings is 1. The van der Waals surface area contributed by atoms with E-state index in [4.69, 9.17) is 11.6 Å². The number of likely N-dealkylation sites (N-methyl/N-ethyl adjacent to an activating group) is 1. The Kier molecular flexibility index (Phi) is 7.99. The van der Waals surface area contributed by atoms with Gasteiger partial charge in [-0.05, 0) is 36.2 Å². The van der Waals surface area contributed by atoms with E-state index in [-0.39, 0.29) is 40.5 Å². The minimum Gasteiger partial charge on any atom is -0.350 e. The summed E-state index contributed by atoms with van der Waals surface area (Å²) in [4.78, 5) is 27.2. The lowest BCUT2D eigenvalue weighted by Gasteiger charge is -2.19. The number of sulfone groups is 1. The zero-order valence-corrected chi connectivity index (χ0v) is 18.0. The van der Waals surface area contributed by atoms with Gasteiger partial charge in [0.15, 0.2) is 9.84 Å². The molecule has 0 saturated heterocycles. The van der Waals surface area contributed by atoms with Crippen molar-refractivity contribution in [2.24, 2.45) is 0 Å². The number of nitrogens with one attached hydrogen (secondary N) is 2. The first-order valence-electron chi connectivity index (χ1n) is 8.50. The van der Waals surface area contributed by atoms with E-state index < -0.39 is 9.84 Å². The summed E-state index contributed by atoms with van der Waals surface area (Å²) >= 11 is 7.61. The number of halogens is 1. The molecule has 7 nitrogen and oxygen atoms in total. The molecule has 0 aliphatic rings. The second kappa shape index (κ2) is 10.0. The molecule has 1 aromatic heterocycles. The van der Waals surface area contributed by atoms with Crippen molar-refractivity contribution in [3.63, 3.8) is 0 Å². The molecular weight excluding hydrogens is 422 g/mol. The highest BCUT2D eigenvalue weighted by Gasteiger charge is 2.16. The van der Waals surface area contributed by atoms with Gasteiger partial charge in [0, 0.05) is 11.1 Å². The minimum atomic E-state index is -3.42. The van der Waals surface area contributed by atoms with Gasteiger partial charge in [-0.3, -0.25) is 14.5 Å². The number of rotatable bonds is 9. The fraction of sp³-hybridized carbons (Fsp3) is 0.333. The van der Waals surface area contributed by atoms with Gasteiger partial charge in [-0.1, -0.05) is 24.6 Å². The van der Waals surface area contributed by atoms with Crippen molar-refractivity contribution in [2.75, 3.05) is 31.2 Å². The van der Waals surface area contributed by atoms with E-state index >= 15 is 0 Å².